The summed E-state index contributed by atoms with van der Waals surface area (Å²) >= 11 is 0. The zero-order chi connectivity index (χ0) is 12.5. The van der Waals surface area contributed by atoms with Crippen LogP contribution in [0.2, 0.25) is 0 Å². The summed E-state index contributed by atoms with van der Waals surface area (Å²) in [5, 5.41) is 0. The molecule has 4 heteroatoms. The molecule has 1 unspecified atom stereocenters. The lowest BCUT2D eigenvalue weighted by atomic mass is 10.0. The van der Waals surface area contributed by atoms with Crippen LogP contribution in [0, 0.1) is 0 Å². The van der Waals surface area contributed by atoms with E-state index in [2.05, 4.69) is 17.0 Å². The van der Waals surface area contributed by atoms with E-state index in [1.165, 1.54) is 5.69 Å². The first-order chi connectivity index (χ1) is 8.12. The van der Waals surface area contributed by atoms with Crippen molar-refractivity contribution in [1.82, 2.24) is 0 Å². The van der Waals surface area contributed by atoms with E-state index in [0.29, 0.717) is 0 Å². The third-order valence-corrected chi connectivity index (χ3v) is 3.38. The van der Waals surface area contributed by atoms with Crippen LogP contribution in [-0.4, -0.2) is 33.1 Å². The Labute approximate surface area is 102 Å². The number of hydrogen-bond acceptors (Lipinski definition) is 4. The molecule has 94 valence electrons. The molecule has 0 aromatic heterocycles. The zero-order valence-electron chi connectivity index (χ0n) is 10.6. The fourth-order valence-electron chi connectivity index (χ4n) is 2.21. The van der Waals surface area contributed by atoms with Gasteiger partial charge in [0.1, 0.15) is 0 Å². The Balaban J connectivity index is 2.16. The minimum atomic E-state index is -0.453. The summed E-state index contributed by atoms with van der Waals surface area (Å²) in [5.41, 5.74) is 8.31. The summed E-state index contributed by atoms with van der Waals surface area (Å²) in [7, 11) is 3.36. The number of anilines is 1. The van der Waals surface area contributed by atoms with Crippen LogP contribution in [0.15, 0.2) is 24.3 Å². The van der Waals surface area contributed by atoms with Gasteiger partial charge in [0.2, 0.25) is 5.79 Å². The molecular formula is C13H20N2O2. The van der Waals surface area contributed by atoms with Gasteiger partial charge >= 0.3 is 0 Å². The highest BCUT2D eigenvalue weighted by Gasteiger charge is 2.44. The monoisotopic (exact) mass is 236 g/mol. The second-order valence-electron chi connectivity index (χ2n) is 4.52. The second kappa shape index (κ2) is 4.64. The van der Waals surface area contributed by atoms with E-state index in [1.54, 1.807) is 14.2 Å². The molecular weight excluding hydrogens is 216 g/mol. The number of para-hydroxylation sites is 1. The molecule has 1 aromatic carbocycles. The van der Waals surface area contributed by atoms with E-state index in [4.69, 9.17) is 15.2 Å². The van der Waals surface area contributed by atoms with Gasteiger partial charge in [0.15, 0.2) is 0 Å². The first-order valence-corrected chi connectivity index (χ1v) is 5.81. The van der Waals surface area contributed by atoms with Gasteiger partial charge in [-0.1, -0.05) is 18.2 Å². The fourth-order valence-corrected chi connectivity index (χ4v) is 2.21. The predicted molar refractivity (Wildman–Crippen MR) is 68.0 cm³/mol. The van der Waals surface area contributed by atoms with Gasteiger partial charge in [0.05, 0.1) is 13.1 Å². The number of benzene rings is 1. The first-order valence-electron chi connectivity index (χ1n) is 5.81. The highest BCUT2D eigenvalue weighted by atomic mass is 16.7. The Kier molecular flexibility index (Phi) is 3.38. The lowest BCUT2D eigenvalue weighted by molar-refractivity contribution is -0.219. The maximum absolute atomic E-state index is 5.97. The number of nitrogens with two attached hydrogens (primary N) is 1. The van der Waals surface area contributed by atoms with Gasteiger partial charge in [-0.25, -0.2) is 0 Å². The molecule has 17 heavy (non-hydrogen) atoms. The van der Waals surface area contributed by atoms with Gasteiger partial charge in [0.25, 0.3) is 0 Å². The summed E-state index contributed by atoms with van der Waals surface area (Å²) in [5.74, 6) is -0.453. The van der Waals surface area contributed by atoms with Gasteiger partial charge in [-0.2, -0.15) is 0 Å². The Morgan fingerprint density at radius 1 is 1.24 bits per heavy atom. The molecule has 1 fully saturated rings. The smallest absolute Gasteiger partial charge is 0.203 e. The quantitative estimate of drug-likeness (QED) is 0.805. The van der Waals surface area contributed by atoms with Gasteiger partial charge < -0.3 is 20.1 Å². The Bertz CT molecular complexity index is 381. The maximum atomic E-state index is 5.97. The highest BCUT2D eigenvalue weighted by molar-refractivity contribution is 5.57. The lowest BCUT2D eigenvalue weighted by Crippen LogP contribution is -2.64. The molecule has 1 aliphatic rings. The molecule has 1 atom stereocenters. The van der Waals surface area contributed by atoms with Crippen molar-refractivity contribution in [3.63, 3.8) is 0 Å². The van der Waals surface area contributed by atoms with Crippen LogP contribution in [0.4, 0.5) is 5.69 Å². The molecule has 0 spiro atoms. The van der Waals surface area contributed by atoms with Crippen molar-refractivity contribution in [3.8, 4) is 0 Å². The second-order valence-corrected chi connectivity index (χ2v) is 4.52. The number of hydrogen-bond donors (Lipinski definition) is 1. The molecule has 1 heterocycles. The van der Waals surface area contributed by atoms with Crippen molar-refractivity contribution in [1.29, 1.82) is 0 Å². The van der Waals surface area contributed by atoms with E-state index in [9.17, 15) is 0 Å². The van der Waals surface area contributed by atoms with Crippen LogP contribution in [0.3, 0.4) is 0 Å². The van der Waals surface area contributed by atoms with Crippen LogP contribution in [-0.2, 0) is 9.47 Å². The number of ether oxygens (including phenoxy) is 2. The van der Waals surface area contributed by atoms with Crippen molar-refractivity contribution < 1.29 is 9.47 Å². The SMILES string of the molecule is COC1(OC)CN(c2ccccc2C(C)N)C1. The third-order valence-electron chi connectivity index (χ3n) is 3.38. The minimum absolute atomic E-state index is 0.0336. The van der Waals surface area contributed by atoms with Crippen molar-refractivity contribution in [2.45, 2.75) is 18.8 Å². The van der Waals surface area contributed by atoms with Crippen molar-refractivity contribution >= 4 is 5.69 Å². The summed E-state index contributed by atoms with van der Waals surface area (Å²) in [4.78, 5) is 2.23. The topological polar surface area (TPSA) is 47.7 Å². The molecule has 0 aliphatic carbocycles. The third kappa shape index (κ3) is 2.16. The lowest BCUT2D eigenvalue weighted by Gasteiger charge is -2.49. The standard InChI is InChI=1S/C13H20N2O2/c1-10(14)11-6-4-5-7-12(11)15-8-13(9-15,16-2)17-3/h4-7,10H,8-9,14H2,1-3H3. The van der Waals surface area contributed by atoms with Gasteiger partial charge in [0, 0.05) is 25.9 Å². The number of nitrogens with zero attached hydrogens (tertiary/aromatic N) is 1. The van der Waals surface area contributed by atoms with Crippen LogP contribution in [0.25, 0.3) is 0 Å². The molecule has 1 saturated heterocycles. The maximum Gasteiger partial charge on any atom is 0.203 e. The molecule has 1 aromatic rings. The van der Waals surface area contributed by atoms with Crippen molar-refractivity contribution in [2.75, 3.05) is 32.2 Å². The molecule has 4 nitrogen and oxygen atoms in total. The van der Waals surface area contributed by atoms with Crippen molar-refractivity contribution in [3.05, 3.63) is 29.8 Å². The van der Waals surface area contributed by atoms with Crippen LogP contribution in [0.5, 0.6) is 0 Å². The van der Waals surface area contributed by atoms with E-state index in [-0.39, 0.29) is 6.04 Å². The van der Waals surface area contributed by atoms with E-state index < -0.39 is 5.79 Å². The molecule has 2 rings (SSSR count). The molecule has 0 bridgehead atoms. The van der Waals surface area contributed by atoms with E-state index >= 15 is 0 Å². The summed E-state index contributed by atoms with van der Waals surface area (Å²) in [6.45, 7) is 3.48. The molecule has 0 saturated carbocycles. The predicted octanol–water partition coefficient (Wildman–Crippen LogP) is 1.52. The van der Waals surface area contributed by atoms with E-state index in [1.807, 2.05) is 19.1 Å². The molecule has 2 N–H and O–H groups in total. The summed E-state index contributed by atoms with van der Waals surface area (Å²) in [6, 6.07) is 8.24. The normalized spacial score (nSPS) is 19.9. The average molecular weight is 236 g/mol. The van der Waals surface area contributed by atoms with Gasteiger partial charge in [-0.15, -0.1) is 0 Å². The highest BCUT2D eigenvalue weighted by Crippen LogP contribution is 2.34. The number of rotatable bonds is 4. The van der Waals surface area contributed by atoms with Gasteiger partial charge in [-0.3, -0.25) is 0 Å². The Hall–Kier alpha value is -1.10. The first kappa shape index (κ1) is 12.4. The fraction of sp³-hybridized carbons (Fsp3) is 0.538. The minimum Gasteiger partial charge on any atom is -0.360 e. The van der Waals surface area contributed by atoms with Gasteiger partial charge in [-0.05, 0) is 18.6 Å². The molecule has 0 radical (unpaired) electrons. The largest absolute Gasteiger partial charge is 0.360 e. The Morgan fingerprint density at radius 2 is 1.82 bits per heavy atom. The summed E-state index contributed by atoms with van der Waals surface area (Å²) < 4.78 is 10.8. The molecule has 1 aliphatic heterocycles. The van der Waals surface area contributed by atoms with Crippen LogP contribution >= 0.6 is 0 Å². The average Bonchev–Trinajstić information content (AvgIpc) is 2.29. The van der Waals surface area contributed by atoms with Crippen molar-refractivity contribution in [2.24, 2.45) is 5.73 Å². The van der Waals surface area contributed by atoms with E-state index in [0.717, 1.165) is 18.7 Å². The van der Waals surface area contributed by atoms with Crippen LogP contribution in [0.1, 0.15) is 18.5 Å². The van der Waals surface area contributed by atoms with Crippen LogP contribution < -0.4 is 10.6 Å². The Morgan fingerprint density at radius 3 is 2.35 bits per heavy atom. The summed E-state index contributed by atoms with van der Waals surface area (Å²) in [6.07, 6.45) is 0. The zero-order valence-corrected chi connectivity index (χ0v) is 10.6. The molecule has 0 amide bonds. The number of methoxy groups -OCH3 is 2.